The monoisotopic (exact) mass is 394 g/mol. The summed E-state index contributed by atoms with van der Waals surface area (Å²) in [5.41, 5.74) is 9.67. The van der Waals surface area contributed by atoms with Crippen molar-refractivity contribution in [2.45, 2.75) is 26.2 Å². The summed E-state index contributed by atoms with van der Waals surface area (Å²) in [5.74, 6) is -0.163. The number of aromatic nitrogens is 1. The van der Waals surface area contributed by atoms with Crippen LogP contribution in [0.25, 0.3) is 33.5 Å². The van der Waals surface area contributed by atoms with Gasteiger partial charge in [0.15, 0.2) is 6.20 Å². The van der Waals surface area contributed by atoms with Gasteiger partial charge in [0.25, 0.3) is 0 Å². The van der Waals surface area contributed by atoms with E-state index in [0.29, 0.717) is 0 Å². The normalized spacial score (nSPS) is 13.8. The van der Waals surface area contributed by atoms with Crippen molar-refractivity contribution in [3.8, 4) is 33.5 Å². The molecule has 0 radical (unpaired) electrons. The number of rotatable bonds is 2. The fourth-order valence-corrected chi connectivity index (χ4v) is 5.16. The van der Waals surface area contributed by atoms with Crippen molar-refractivity contribution in [1.82, 2.24) is 0 Å². The zero-order chi connectivity index (χ0) is 21.0. The fraction of sp³-hybridized carbons (Fsp3) is 0.179. The maximum atomic E-state index is 15.3. The van der Waals surface area contributed by atoms with E-state index < -0.39 is 0 Å². The number of halogens is 1. The average Bonchev–Trinajstić information content (AvgIpc) is 2.97. The predicted octanol–water partition coefficient (Wildman–Crippen LogP) is 6.60. The highest BCUT2D eigenvalue weighted by Crippen LogP contribution is 2.55. The lowest BCUT2D eigenvalue weighted by Crippen LogP contribution is -2.31. The Kier molecular flexibility index (Phi) is 4.14. The van der Waals surface area contributed by atoms with Gasteiger partial charge in [-0.25, -0.2) is 8.96 Å². The summed E-state index contributed by atoms with van der Waals surface area (Å²) in [6.45, 7) is 6.63. The lowest BCUT2D eigenvalue weighted by molar-refractivity contribution is -0.660. The van der Waals surface area contributed by atoms with Crippen molar-refractivity contribution in [3.05, 3.63) is 102 Å². The molecule has 0 atom stereocenters. The third kappa shape index (κ3) is 2.56. The van der Waals surface area contributed by atoms with Crippen molar-refractivity contribution in [3.63, 3.8) is 0 Å². The van der Waals surface area contributed by atoms with Gasteiger partial charge in [-0.15, -0.1) is 0 Å². The molecule has 1 aliphatic rings. The van der Waals surface area contributed by atoms with Crippen LogP contribution < -0.4 is 4.57 Å². The molecule has 1 aliphatic carbocycles. The van der Waals surface area contributed by atoms with Crippen molar-refractivity contribution in [2.24, 2.45) is 7.05 Å². The first-order valence-corrected chi connectivity index (χ1v) is 10.4. The third-order valence-corrected chi connectivity index (χ3v) is 6.48. The van der Waals surface area contributed by atoms with Gasteiger partial charge in [0, 0.05) is 23.1 Å². The van der Waals surface area contributed by atoms with E-state index in [-0.39, 0.29) is 11.2 Å². The average molecular weight is 395 g/mol. The van der Waals surface area contributed by atoms with E-state index in [4.69, 9.17) is 0 Å². The number of benzene rings is 3. The van der Waals surface area contributed by atoms with Crippen LogP contribution in [0.2, 0.25) is 0 Å². The molecule has 0 amide bonds. The lowest BCUT2D eigenvalue weighted by Gasteiger charge is -2.27. The second-order valence-electron chi connectivity index (χ2n) is 8.71. The van der Waals surface area contributed by atoms with E-state index in [2.05, 4.69) is 62.8 Å². The van der Waals surface area contributed by atoms with Crippen LogP contribution in [-0.2, 0) is 12.5 Å². The van der Waals surface area contributed by atoms with Crippen LogP contribution in [0.5, 0.6) is 0 Å². The van der Waals surface area contributed by atoms with Crippen LogP contribution in [0.4, 0.5) is 4.39 Å². The Morgan fingerprint density at radius 2 is 1.37 bits per heavy atom. The second-order valence-corrected chi connectivity index (χ2v) is 8.71. The molecule has 0 saturated carbocycles. The first-order valence-electron chi connectivity index (χ1n) is 10.4. The Balaban J connectivity index is 1.88. The summed E-state index contributed by atoms with van der Waals surface area (Å²) in [4.78, 5) is 0. The molecule has 0 N–H and O–H groups in total. The molecule has 30 heavy (non-hydrogen) atoms. The minimum absolute atomic E-state index is 0.163. The molecule has 5 rings (SSSR count). The van der Waals surface area contributed by atoms with Crippen LogP contribution >= 0.6 is 0 Å². The number of aryl methyl sites for hydroxylation is 2. The largest absolute Gasteiger partial charge is 0.212 e. The van der Waals surface area contributed by atoms with Crippen molar-refractivity contribution in [2.75, 3.05) is 0 Å². The highest BCUT2D eigenvalue weighted by molar-refractivity contribution is 5.92. The highest BCUT2D eigenvalue weighted by atomic mass is 19.1. The number of nitrogens with zero attached hydrogens (tertiary/aromatic N) is 1. The van der Waals surface area contributed by atoms with Gasteiger partial charge in [-0.05, 0) is 52.4 Å². The molecule has 0 spiro atoms. The topological polar surface area (TPSA) is 3.88 Å². The quantitative estimate of drug-likeness (QED) is 0.337. The Bertz CT molecular complexity index is 1290. The van der Waals surface area contributed by atoms with Gasteiger partial charge in [0.05, 0.1) is 5.56 Å². The van der Waals surface area contributed by atoms with Gasteiger partial charge in [-0.2, -0.15) is 0 Å². The van der Waals surface area contributed by atoms with Crippen molar-refractivity contribution >= 4 is 0 Å². The van der Waals surface area contributed by atoms with E-state index >= 15 is 4.39 Å². The third-order valence-electron chi connectivity index (χ3n) is 6.48. The minimum Gasteiger partial charge on any atom is -0.206 e. The lowest BCUT2D eigenvalue weighted by atomic mass is 9.76. The van der Waals surface area contributed by atoms with E-state index in [0.717, 1.165) is 22.3 Å². The standard InChI is InChI=1S/C28H25FN/c1-18-13-14-20-21-15-16-22(29)25(19-10-6-5-7-11-19)27(21)28(2,3)26(20)24(18)23-12-8-9-17-30(23)4/h5-17H,1-4H3/q+1. The van der Waals surface area contributed by atoms with Crippen LogP contribution in [0.1, 0.15) is 30.5 Å². The molecule has 0 unspecified atom stereocenters. The molecule has 0 bridgehead atoms. The molecule has 0 aliphatic heterocycles. The molecular weight excluding hydrogens is 369 g/mol. The maximum Gasteiger partial charge on any atom is 0.212 e. The molecule has 4 aromatic rings. The van der Waals surface area contributed by atoms with Gasteiger partial charge < -0.3 is 0 Å². The molecule has 2 heteroatoms. The van der Waals surface area contributed by atoms with Gasteiger partial charge in [-0.1, -0.05) is 62.4 Å². The zero-order valence-electron chi connectivity index (χ0n) is 17.8. The van der Waals surface area contributed by atoms with Crippen LogP contribution in [-0.4, -0.2) is 0 Å². The molecule has 148 valence electrons. The van der Waals surface area contributed by atoms with Crippen LogP contribution in [0, 0.1) is 12.7 Å². The van der Waals surface area contributed by atoms with Gasteiger partial charge in [0.1, 0.15) is 12.9 Å². The minimum atomic E-state index is -0.331. The number of hydrogen-bond donors (Lipinski definition) is 0. The summed E-state index contributed by atoms with van der Waals surface area (Å²) in [6, 6.07) is 24.2. The first kappa shape index (κ1) is 18.7. The Hall–Kier alpha value is -3.26. The molecular formula is C28H25FN+. The van der Waals surface area contributed by atoms with E-state index in [1.165, 1.54) is 27.9 Å². The van der Waals surface area contributed by atoms with Gasteiger partial charge in [0.2, 0.25) is 5.69 Å². The summed E-state index contributed by atoms with van der Waals surface area (Å²) in [6.07, 6.45) is 2.08. The van der Waals surface area contributed by atoms with Gasteiger partial charge >= 0.3 is 0 Å². The van der Waals surface area contributed by atoms with Crippen LogP contribution in [0.3, 0.4) is 0 Å². The van der Waals surface area contributed by atoms with Crippen LogP contribution in [0.15, 0.2) is 79.0 Å². The maximum absolute atomic E-state index is 15.3. The molecule has 0 saturated heterocycles. The summed E-state index contributed by atoms with van der Waals surface area (Å²) in [7, 11) is 2.08. The smallest absolute Gasteiger partial charge is 0.206 e. The van der Waals surface area contributed by atoms with Gasteiger partial charge in [-0.3, -0.25) is 0 Å². The van der Waals surface area contributed by atoms with E-state index in [1.54, 1.807) is 6.07 Å². The van der Waals surface area contributed by atoms with Crippen molar-refractivity contribution in [1.29, 1.82) is 0 Å². The molecule has 1 heterocycles. The Labute approximate surface area is 177 Å². The predicted molar refractivity (Wildman–Crippen MR) is 121 cm³/mol. The SMILES string of the molecule is Cc1ccc2c(c1-c1cccc[n+]1C)C(C)(C)c1c-2ccc(F)c1-c1ccccc1. The highest BCUT2D eigenvalue weighted by Gasteiger charge is 2.42. The van der Waals surface area contributed by atoms with E-state index in [1.807, 2.05) is 42.5 Å². The molecule has 0 fully saturated rings. The number of pyridine rings is 1. The molecule has 1 nitrogen and oxygen atoms in total. The van der Waals surface area contributed by atoms with Crippen molar-refractivity contribution < 1.29 is 8.96 Å². The Morgan fingerprint density at radius 1 is 0.733 bits per heavy atom. The number of fused-ring (bicyclic) bond motifs is 3. The second kappa shape index (κ2) is 6.63. The Morgan fingerprint density at radius 3 is 2.07 bits per heavy atom. The summed E-state index contributed by atoms with van der Waals surface area (Å²) >= 11 is 0. The first-order chi connectivity index (χ1) is 14.4. The zero-order valence-corrected chi connectivity index (χ0v) is 17.8. The molecule has 1 aromatic heterocycles. The molecule has 3 aromatic carbocycles. The fourth-order valence-electron chi connectivity index (χ4n) is 5.16. The summed E-state index contributed by atoms with van der Waals surface area (Å²) < 4.78 is 17.4. The number of hydrogen-bond acceptors (Lipinski definition) is 0. The summed E-state index contributed by atoms with van der Waals surface area (Å²) in [5, 5.41) is 0. The van der Waals surface area contributed by atoms with E-state index in [9.17, 15) is 0 Å².